The predicted octanol–water partition coefficient (Wildman–Crippen LogP) is 14.8. The highest BCUT2D eigenvalue weighted by atomic mass is 15.2. The van der Waals surface area contributed by atoms with Crippen LogP contribution in [0.5, 0.6) is 0 Å². The number of nitriles is 1. The Morgan fingerprint density at radius 3 is 1.27 bits per heavy atom. The Bertz CT molecular complexity index is 3420. The average molecular weight is 841 g/mol. The maximum atomic E-state index is 11.1. The van der Waals surface area contributed by atoms with Gasteiger partial charge in [0.15, 0.2) is 23.2 Å². The van der Waals surface area contributed by atoms with Crippen LogP contribution in [-0.2, 0) is 5.41 Å². The van der Waals surface area contributed by atoms with Crippen LogP contribution in [0.3, 0.4) is 0 Å². The van der Waals surface area contributed by atoms with E-state index in [1.807, 2.05) is 66.7 Å². The molecule has 6 nitrogen and oxygen atoms in total. The van der Waals surface area contributed by atoms with Gasteiger partial charge in [0, 0.05) is 16.7 Å². The highest BCUT2D eigenvalue weighted by Crippen LogP contribution is 2.64. The molecule has 0 saturated carbocycles. The van der Waals surface area contributed by atoms with Crippen molar-refractivity contribution in [3.8, 4) is 73.6 Å². The summed E-state index contributed by atoms with van der Waals surface area (Å²) >= 11 is 0. The van der Waals surface area contributed by atoms with Crippen LogP contribution in [0, 0.1) is 17.9 Å². The molecule has 306 valence electrons. The number of aromatic nitrogens is 3. The highest BCUT2D eigenvalue weighted by Gasteiger charge is 2.52. The molecule has 0 N–H and O–H groups in total. The zero-order chi connectivity index (χ0) is 44.2. The van der Waals surface area contributed by atoms with Gasteiger partial charge in [0.1, 0.15) is 6.07 Å². The van der Waals surface area contributed by atoms with Crippen molar-refractivity contribution in [1.29, 1.82) is 5.26 Å². The number of anilines is 3. The van der Waals surface area contributed by atoms with E-state index in [9.17, 15) is 5.26 Å². The Kier molecular flexibility index (Phi) is 9.05. The summed E-state index contributed by atoms with van der Waals surface area (Å²) in [5.41, 5.74) is 16.1. The molecule has 0 amide bonds. The van der Waals surface area contributed by atoms with E-state index in [-0.39, 0.29) is 0 Å². The van der Waals surface area contributed by atoms with Crippen molar-refractivity contribution in [3.05, 3.63) is 258 Å². The average Bonchev–Trinajstić information content (AvgIpc) is 3.68. The Balaban J connectivity index is 1.08. The first-order valence-corrected chi connectivity index (χ1v) is 21.9. The Hall–Kier alpha value is -9.23. The quantitative estimate of drug-likeness (QED) is 0.156. The maximum absolute atomic E-state index is 11.1. The Labute approximate surface area is 382 Å². The van der Waals surface area contributed by atoms with Crippen molar-refractivity contribution in [2.45, 2.75) is 5.41 Å². The minimum absolute atomic E-state index is 0.319. The van der Waals surface area contributed by atoms with Gasteiger partial charge in [-0.3, -0.25) is 0 Å². The molecule has 1 aliphatic heterocycles. The minimum Gasteiger partial charge on any atom is -0.310 e. The molecular weight excluding hydrogens is 805 g/mol. The van der Waals surface area contributed by atoms with Gasteiger partial charge in [-0.15, -0.1) is 0 Å². The molecule has 10 aromatic rings. The van der Waals surface area contributed by atoms with E-state index in [0.717, 1.165) is 55.9 Å². The molecule has 12 rings (SSSR count). The normalized spacial score (nSPS) is 12.6. The van der Waals surface area contributed by atoms with Crippen molar-refractivity contribution in [2.24, 2.45) is 0 Å². The number of para-hydroxylation sites is 2. The van der Waals surface area contributed by atoms with Gasteiger partial charge in [0.2, 0.25) is 0 Å². The lowest BCUT2D eigenvalue weighted by Gasteiger charge is -2.45. The fraction of sp³-hybridized carbons (Fsp3) is 0.0167. The largest absolute Gasteiger partial charge is 0.310 e. The van der Waals surface area contributed by atoms with E-state index in [4.69, 9.17) is 21.5 Å². The van der Waals surface area contributed by atoms with Crippen LogP contribution >= 0.6 is 0 Å². The lowest BCUT2D eigenvalue weighted by molar-refractivity contribution is 0.752. The van der Waals surface area contributed by atoms with Crippen LogP contribution in [-0.4, -0.2) is 15.0 Å². The Morgan fingerprint density at radius 1 is 0.394 bits per heavy atom. The summed E-state index contributed by atoms with van der Waals surface area (Å²) in [4.78, 5) is 21.0. The first-order chi connectivity index (χ1) is 32.6. The summed E-state index contributed by atoms with van der Waals surface area (Å²) in [6.45, 7) is 8.60. The SMILES string of the molecule is [C-]#[N+]c1cc(N2c3ccccc3C3(c4ccc(-c5ccccc5)cc4-c4cc(-c5ccccc5)ccc43)c3ccccc32)c(C#N)cc1-c1nc(-c2ccccc2)nc(-c2ccccc2)n1. The summed E-state index contributed by atoms with van der Waals surface area (Å²) in [6.07, 6.45) is 0. The van der Waals surface area contributed by atoms with Gasteiger partial charge in [-0.2, -0.15) is 5.26 Å². The van der Waals surface area contributed by atoms with E-state index in [0.29, 0.717) is 40.0 Å². The third-order valence-corrected chi connectivity index (χ3v) is 13.0. The van der Waals surface area contributed by atoms with Gasteiger partial charge in [-0.1, -0.05) is 182 Å². The van der Waals surface area contributed by atoms with Crippen LogP contribution in [0.1, 0.15) is 27.8 Å². The number of benzene rings is 9. The second-order valence-electron chi connectivity index (χ2n) is 16.5. The molecule has 1 aliphatic carbocycles. The van der Waals surface area contributed by atoms with E-state index in [1.165, 1.54) is 22.3 Å². The van der Waals surface area contributed by atoms with E-state index in [2.05, 4.69) is 161 Å². The van der Waals surface area contributed by atoms with Gasteiger partial charge in [-0.25, -0.2) is 19.8 Å². The van der Waals surface area contributed by atoms with E-state index in [1.54, 1.807) is 6.07 Å². The second kappa shape index (κ2) is 15.5. The van der Waals surface area contributed by atoms with Crippen LogP contribution < -0.4 is 4.90 Å². The topological polar surface area (TPSA) is 70.1 Å². The van der Waals surface area contributed by atoms with Crippen LogP contribution in [0.4, 0.5) is 22.7 Å². The molecule has 1 aromatic heterocycles. The molecule has 0 fully saturated rings. The zero-order valence-electron chi connectivity index (χ0n) is 35.5. The number of hydrogen-bond acceptors (Lipinski definition) is 5. The summed E-state index contributed by atoms with van der Waals surface area (Å²) in [6, 6.07) is 77.6. The minimum atomic E-state index is -0.708. The molecule has 2 heterocycles. The first-order valence-electron chi connectivity index (χ1n) is 21.9. The highest BCUT2D eigenvalue weighted by molar-refractivity contribution is 5.99. The number of fused-ring (bicyclic) bond motifs is 9. The Morgan fingerprint density at radius 2 is 0.818 bits per heavy atom. The molecule has 66 heavy (non-hydrogen) atoms. The second-order valence-corrected chi connectivity index (χ2v) is 16.5. The molecule has 0 unspecified atom stereocenters. The zero-order valence-corrected chi connectivity index (χ0v) is 35.5. The maximum Gasteiger partial charge on any atom is 0.200 e. The third kappa shape index (κ3) is 5.98. The predicted molar refractivity (Wildman–Crippen MR) is 264 cm³/mol. The first kappa shape index (κ1) is 38.4. The molecule has 1 spiro atoms. The van der Waals surface area contributed by atoms with Crippen molar-refractivity contribution in [3.63, 3.8) is 0 Å². The van der Waals surface area contributed by atoms with Gasteiger partial charge in [0.05, 0.1) is 34.6 Å². The van der Waals surface area contributed by atoms with Crippen LogP contribution in [0.25, 0.3) is 72.4 Å². The summed E-state index contributed by atoms with van der Waals surface area (Å²) in [5, 5.41) is 11.1. The van der Waals surface area contributed by atoms with Crippen LogP contribution in [0.15, 0.2) is 218 Å². The van der Waals surface area contributed by atoms with E-state index < -0.39 is 5.41 Å². The number of rotatable bonds is 6. The van der Waals surface area contributed by atoms with Gasteiger partial charge in [0.25, 0.3) is 0 Å². The number of hydrogen-bond donors (Lipinski definition) is 0. The van der Waals surface area contributed by atoms with Crippen molar-refractivity contribution in [2.75, 3.05) is 4.90 Å². The summed E-state index contributed by atoms with van der Waals surface area (Å²) in [7, 11) is 0. The molecule has 2 aliphatic rings. The standard InChI is InChI=1S/C60H36N6/c1-62-53-37-56(45(38-61)36-48(53)59-64-57(41-22-10-4-11-23-41)63-58(65-59)42-24-12-5-13-25-42)66-54-28-16-14-26-51(54)60(52-27-15-17-29-55(52)66)49-32-30-43(39-18-6-2-7-19-39)34-46(49)47-35-44(31-33-50(47)60)40-20-8-3-9-21-40/h2-37H. The summed E-state index contributed by atoms with van der Waals surface area (Å²) in [5.74, 6) is 1.27. The molecule has 0 radical (unpaired) electrons. The smallest absolute Gasteiger partial charge is 0.200 e. The van der Waals surface area contributed by atoms with Crippen molar-refractivity contribution < 1.29 is 0 Å². The number of nitrogens with zero attached hydrogens (tertiary/aromatic N) is 6. The molecule has 6 heteroatoms. The molecular formula is C60H36N6. The summed E-state index contributed by atoms with van der Waals surface area (Å²) < 4.78 is 0. The van der Waals surface area contributed by atoms with Crippen LogP contribution in [0.2, 0.25) is 0 Å². The molecule has 9 aromatic carbocycles. The third-order valence-electron chi connectivity index (χ3n) is 13.0. The monoisotopic (exact) mass is 840 g/mol. The van der Waals surface area contributed by atoms with Crippen molar-refractivity contribution in [1.82, 2.24) is 15.0 Å². The lowest BCUT2D eigenvalue weighted by atomic mass is 9.64. The van der Waals surface area contributed by atoms with Gasteiger partial charge < -0.3 is 4.90 Å². The molecule has 0 bridgehead atoms. The molecule has 0 saturated heterocycles. The fourth-order valence-corrected chi connectivity index (χ4v) is 10.1. The van der Waals surface area contributed by atoms with Gasteiger partial charge in [-0.05, 0) is 92.0 Å². The van der Waals surface area contributed by atoms with Crippen molar-refractivity contribution >= 4 is 22.7 Å². The molecule has 0 atom stereocenters. The van der Waals surface area contributed by atoms with E-state index >= 15 is 0 Å². The fourth-order valence-electron chi connectivity index (χ4n) is 10.1. The lowest BCUT2D eigenvalue weighted by Crippen LogP contribution is -2.36. The van der Waals surface area contributed by atoms with Gasteiger partial charge >= 0.3 is 0 Å².